The molecule has 0 bridgehead atoms. The van der Waals surface area contributed by atoms with Gasteiger partial charge in [-0.15, -0.1) is 0 Å². The van der Waals surface area contributed by atoms with E-state index in [4.69, 9.17) is 9.47 Å². The first-order chi connectivity index (χ1) is 15.5. The van der Waals surface area contributed by atoms with Crippen molar-refractivity contribution in [1.82, 2.24) is 5.32 Å². The minimum atomic E-state index is -0.379. The van der Waals surface area contributed by atoms with E-state index in [1.54, 1.807) is 13.2 Å². The Bertz CT molecular complexity index is 1050. The molecule has 1 amide bonds. The number of amides is 1. The molecule has 32 heavy (non-hydrogen) atoms. The molecular formula is C26H30N2O4. The van der Waals surface area contributed by atoms with E-state index in [0.717, 1.165) is 36.1 Å². The minimum Gasteiger partial charge on any atom is -0.493 e. The Labute approximate surface area is 189 Å². The van der Waals surface area contributed by atoms with Crippen LogP contribution in [0.2, 0.25) is 0 Å². The number of anilines is 1. The van der Waals surface area contributed by atoms with Gasteiger partial charge in [-0.1, -0.05) is 31.6 Å². The Morgan fingerprint density at radius 2 is 2.00 bits per heavy atom. The summed E-state index contributed by atoms with van der Waals surface area (Å²) in [6.45, 7) is 4.18. The maximum Gasteiger partial charge on any atom is 0.308 e. The molecule has 3 atom stereocenters. The number of benzene rings is 2. The van der Waals surface area contributed by atoms with Gasteiger partial charge in [0.25, 0.3) is 5.91 Å². The van der Waals surface area contributed by atoms with Gasteiger partial charge in [0.1, 0.15) is 0 Å². The van der Waals surface area contributed by atoms with Crippen LogP contribution in [-0.2, 0) is 4.79 Å². The molecule has 0 spiro atoms. The van der Waals surface area contributed by atoms with Crippen LogP contribution in [0.25, 0.3) is 0 Å². The summed E-state index contributed by atoms with van der Waals surface area (Å²) in [5.41, 5.74) is 3.97. The fraction of sp³-hybridized carbons (Fsp3) is 0.385. The molecule has 0 saturated heterocycles. The van der Waals surface area contributed by atoms with Crippen LogP contribution in [0, 0.1) is 5.92 Å². The van der Waals surface area contributed by atoms with Gasteiger partial charge in [-0.2, -0.15) is 0 Å². The number of hydrogen-bond acceptors (Lipinski definition) is 5. The van der Waals surface area contributed by atoms with Crippen molar-refractivity contribution in [1.29, 1.82) is 0 Å². The van der Waals surface area contributed by atoms with Crippen LogP contribution >= 0.6 is 0 Å². The van der Waals surface area contributed by atoms with E-state index >= 15 is 0 Å². The van der Waals surface area contributed by atoms with Gasteiger partial charge in [-0.3, -0.25) is 9.59 Å². The number of methoxy groups -OCH3 is 1. The average Bonchev–Trinajstić information content (AvgIpc) is 3.28. The lowest BCUT2D eigenvalue weighted by atomic mass is 9.76. The van der Waals surface area contributed by atoms with Gasteiger partial charge in [0, 0.05) is 30.6 Å². The molecule has 2 aromatic carbocycles. The first-order valence-electron chi connectivity index (χ1n) is 11.2. The van der Waals surface area contributed by atoms with E-state index in [-0.39, 0.29) is 23.8 Å². The van der Waals surface area contributed by atoms with Crippen LogP contribution in [-0.4, -0.2) is 25.5 Å². The second-order valence-corrected chi connectivity index (χ2v) is 8.39. The van der Waals surface area contributed by atoms with Crippen molar-refractivity contribution < 1.29 is 19.1 Å². The molecule has 2 aliphatic rings. The van der Waals surface area contributed by atoms with Gasteiger partial charge in [0.05, 0.1) is 13.2 Å². The topological polar surface area (TPSA) is 76.7 Å². The molecule has 0 aromatic heterocycles. The molecule has 0 radical (unpaired) electrons. The molecule has 0 fully saturated rings. The van der Waals surface area contributed by atoms with Crippen LogP contribution in [0.15, 0.2) is 48.6 Å². The maximum atomic E-state index is 12.6. The Morgan fingerprint density at radius 3 is 2.75 bits per heavy atom. The van der Waals surface area contributed by atoms with E-state index in [1.165, 1.54) is 6.92 Å². The quantitative estimate of drug-likeness (QED) is 0.278. The SMILES string of the molecule is CCCCNC(=O)c1ccc2c(c1)C1C=CCC1C(c1ccc(OC(C)=O)c(OC)c1)N2. The highest BCUT2D eigenvalue weighted by molar-refractivity contribution is 5.95. The van der Waals surface area contributed by atoms with Crippen LogP contribution < -0.4 is 20.1 Å². The van der Waals surface area contributed by atoms with Crippen molar-refractivity contribution in [3.63, 3.8) is 0 Å². The van der Waals surface area contributed by atoms with Gasteiger partial charge >= 0.3 is 5.97 Å². The smallest absolute Gasteiger partial charge is 0.308 e. The maximum absolute atomic E-state index is 12.6. The number of hydrogen-bond donors (Lipinski definition) is 2. The second-order valence-electron chi connectivity index (χ2n) is 8.39. The van der Waals surface area contributed by atoms with Gasteiger partial charge in [-0.25, -0.2) is 0 Å². The second kappa shape index (κ2) is 9.47. The van der Waals surface area contributed by atoms with Crippen LogP contribution in [0.4, 0.5) is 5.69 Å². The third-order valence-corrected chi connectivity index (χ3v) is 6.24. The summed E-state index contributed by atoms with van der Waals surface area (Å²) in [5, 5.41) is 6.68. The molecule has 2 aromatic rings. The van der Waals surface area contributed by atoms with E-state index < -0.39 is 0 Å². The molecule has 168 valence electrons. The number of unbranched alkanes of at least 4 members (excludes halogenated alkanes) is 1. The molecule has 1 aliphatic heterocycles. The summed E-state index contributed by atoms with van der Waals surface area (Å²) in [7, 11) is 1.57. The van der Waals surface area contributed by atoms with E-state index in [2.05, 4.69) is 29.7 Å². The molecule has 3 unspecified atom stereocenters. The lowest BCUT2D eigenvalue weighted by Gasteiger charge is -2.38. The third kappa shape index (κ3) is 4.35. The summed E-state index contributed by atoms with van der Waals surface area (Å²) in [6, 6.07) is 11.7. The third-order valence-electron chi connectivity index (χ3n) is 6.24. The summed E-state index contributed by atoms with van der Waals surface area (Å²) >= 11 is 0. The molecule has 1 aliphatic carbocycles. The van der Waals surface area contributed by atoms with Crippen LogP contribution in [0.5, 0.6) is 11.5 Å². The number of esters is 1. The molecule has 6 nitrogen and oxygen atoms in total. The van der Waals surface area contributed by atoms with E-state index in [9.17, 15) is 9.59 Å². The van der Waals surface area contributed by atoms with Gasteiger partial charge in [0.15, 0.2) is 11.5 Å². The molecular weight excluding hydrogens is 404 g/mol. The van der Waals surface area contributed by atoms with Gasteiger partial charge in [0.2, 0.25) is 0 Å². The average molecular weight is 435 g/mol. The molecule has 0 saturated carbocycles. The lowest BCUT2D eigenvalue weighted by molar-refractivity contribution is -0.132. The zero-order chi connectivity index (χ0) is 22.7. The van der Waals surface area contributed by atoms with Crippen molar-refractivity contribution in [3.8, 4) is 11.5 Å². The number of carbonyl (C=O) groups is 2. The first-order valence-corrected chi connectivity index (χ1v) is 11.2. The fourth-order valence-corrected chi connectivity index (χ4v) is 4.66. The summed E-state index contributed by atoms with van der Waals surface area (Å²) < 4.78 is 10.7. The molecule has 2 N–H and O–H groups in total. The van der Waals surface area contributed by atoms with Crippen LogP contribution in [0.1, 0.15) is 66.6 Å². The Morgan fingerprint density at radius 1 is 1.16 bits per heavy atom. The number of allylic oxidation sites excluding steroid dienone is 2. The predicted octanol–water partition coefficient (Wildman–Crippen LogP) is 4.98. The van der Waals surface area contributed by atoms with E-state index in [1.807, 2.05) is 30.3 Å². The number of carbonyl (C=O) groups excluding carboxylic acids is 2. The van der Waals surface area contributed by atoms with Gasteiger partial charge in [-0.05, 0) is 60.2 Å². The summed E-state index contributed by atoms with van der Waals surface area (Å²) in [5.74, 6) is 1.11. The number of fused-ring (bicyclic) bond motifs is 3. The fourth-order valence-electron chi connectivity index (χ4n) is 4.66. The monoisotopic (exact) mass is 434 g/mol. The highest BCUT2D eigenvalue weighted by Gasteiger charge is 2.38. The minimum absolute atomic E-state index is 0.0207. The number of ether oxygens (including phenoxy) is 2. The normalized spacial score (nSPS) is 20.7. The van der Waals surface area contributed by atoms with Gasteiger partial charge < -0.3 is 20.1 Å². The molecule has 1 heterocycles. The molecule has 6 heteroatoms. The van der Waals surface area contributed by atoms with Crippen molar-refractivity contribution in [2.75, 3.05) is 19.0 Å². The van der Waals surface area contributed by atoms with Crippen LogP contribution in [0.3, 0.4) is 0 Å². The molecule has 4 rings (SSSR count). The Kier molecular flexibility index (Phi) is 6.49. The Balaban J connectivity index is 1.62. The van der Waals surface area contributed by atoms with E-state index in [0.29, 0.717) is 29.5 Å². The van der Waals surface area contributed by atoms with Crippen molar-refractivity contribution >= 4 is 17.6 Å². The Hall–Kier alpha value is -3.28. The zero-order valence-electron chi connectivity index (χ0n) is 18.8. The predicted molar refractivity (Wildman–Crippen MR) is 124 cm³/mol. The lowest BCUT2D eigenvalue weighted by Crippen LogP contribution is -2.30. The largest absolute Gasteiger partial charge is 0.493 e. The summed E-state index contributed by atoms with van der Waals surface area (Å²) in [6.07, 6.45) is 7.45. The first kappa shape index (κ1) is 21.9. The van der Waals surface area contributed by atoms with Crippen molar-refractivity contribution in [3.05, 3.63) is 65.2 Å². The highest BCUT2D eigenvalue weighted by atomic mass is 16.6. The van der Waals surface area contributed by atoms with Crippen molar-refractivity contribution in [2.24, 2.45) is 5.92 Å². The standard InChI is InChI=1S/C26H30N2O4/c1-4-5-13-27-26(30)18-9-11-22-21(14-18)19-7-6-8-20(19)25(28-22)17-10-12-23(32-16(2)29)24(15-17)31-3/h6-7,9-12,14-15,19-20,25,28H,4-5,8,13H2,1-3H3,(H,27,30). The highest BCUT2D eigenvalue weighted by Crippen LogP contribution is 2.50. The van der Waals surface area contributed by atoms with Crippen molar-refractivity contribution in [2.45, 2.75) is 45.1 Å². The summed E-state index contributed by atoms with van der Waals surface area (Å²) in [4.78, 5) is 23.9. The number of nitrogens with one attached hydrogen (secondary N) is 2. The number of rotatable bonds is 7. The zero-order valence-corrected chi connectivity index (χ0v) is 18.8.